The molecule has 1 aliphatic carbocycles. The normalized spacial score (nSPS) is 17.2. The zero-order valence-electron chi connectivity index (χ0n) is 9.11. The van der Waals surface area contributed by atoms with Gasteiger partial charge in [-0.1, -0.05) is 0 Å². The SMILES string of the molecule is CN(CC(O)C1CC1)C(=O)c1cc(Br)c[nH]1. The van der Waals surface area contributed by atoms with Crippen LogP contribution in [0, 0.1) is 5.92 Å². The number of nitrogens with one attached hydrogen (secondary N) is 1. The van der Waals surface area contributed by atoms with Crippen LogP contribution >= 0.6 is 15.9 Å². The molecule has 1 aromatic heterocycles. The van der Waals surface area contributed by atoms with Gasteiger partial charge in [-0.3, -0.25) is 4.79 Å². The highest BCUT2D eigenvalue weighted by molar-refractivity contribution is 9.10. The van der Waals surface area contributed by atoms with Crippen molar-refractivity contribution in [2.75, 3.05) is 13.6 Å². The van der Waals surface area contributed by atoms with Crippen LogP contribution in [-0.2, 0) is 0 Å². The summed E-state index contributed by atoms with van der Waals surface area (Å²) in [6, 6.07) is 1.74. The molecule has 0 saturated heterocycles. The zero-order valence-corrected chi connectivity index (χ0v) is 10.7. The number of amides is 1. The number of carbonyl (C=O) groups excluding carboxylic acids is 1. The fourth-order valence-corrected chi connectivity index (χ4v) is 2.03. The van der Waals surface area contributed by atoms with Crippen molar-refractivity contribution in [1.82, 2.24) is 9.88 Å². The van der Waals surface area contributed by atoms with Crippen molar-refractivity contribution in [3.63, 3.8) is 0 Å². The topological polar surface area (TPSA) is 56.3 Å². The lowest BCUT2D eigenvalue weighted by atomic mass is 10.2. The largest absolute Gasteiger partial charge is 0.391 e. The second kappa shape index (κ2) is 4.59. The second-order valence-corrected chi connectivity index (χ2v) is 5.24. The molecule has 88 valence electrons. The smallest absolute Gasteiger partial charge is 0.270 e. The van der Waals surface area contributed by atoms with E-state index in [9.17, 15) is 9.90 Å². The summed E-state index contributed by atoms with van der Waals surface area (Å²) < 4.78 is 0.854. The van der Waals surface area contributed by atoms with E-state index in [0.717, 1.165) is 17.3 Å². The molecule has 0 bridgehead atoms. The maximum Gasteiger partial charge on any atom is 0.270 e. The summed E-state index contributed by atoms with van der Waals surface area (Å²) >= 11 is 3.28. The molecule has 1 fully saturated rings. The number of aliphatic hydroxyl groups is 1. The first kappa shape index (κ1) is 11.7. The first-order valence-corrected chi connectivity index (χ1v) is 6.14. The van der Waals surface area contributed by atoms with Crippen LogP contribution in [0.25, 0.3) is 0 Å². The van der Waals surface area contributed by atoms with E-state index < -0.39 is 0 Å². The third-order valence-corrected chi connectivity index (χ3v) is 3.31. The van der Waals surface area contributed by atoms with Crippen LogP contribution in [0.3, 0.4) is 0 Å². The molecular weight excluding hydrogens is 272 g/mol. The number of likely N-dealkylation sites (N-methyl/N-ethyl adjacent to an activating group) is 1. The number of halogens is 1. The van der Waals surface area contributed by atoms with Gasteiger partial charge in [0, 0.05) is 24.3 Å². The molecule has 1 saturated carbocycles. The molecular formula is C11H15BrN2O2. The molecule has 16 heavy (non-hydrogen) atoms. The molecule has 2 rings (SSSR count). The summed E-state index contributed by atoms with van der Waals surface area (Å²) in [5.74, 6) is 0.302. The van der Waals surface area contributed by atoms with Gasteiger partial charge in [-0.2, -0.15) is 0 Å². The molecule has 5 heteroatoms. The van der Waals surface area contributed by atoms with Gasteiger partial charge < -0.3 is 15.0 Å². The highest BCUT2D eigenvalue weighted by atomic mass is 79.9. The molecule has 1 atom stereocenters. The van der Waals surface area contributed by atoms with Crippen molar-refractivity contribution in [3.8, 4) is 0 Å². The number of nitrogens with zero attached hydrogens (tertiary/aromatic N) is 1. The van der Waals surface area contributed by atoms with Crippen LogP contribution in [0.15, 0.2) is 16.7 Å². The van der Waals surface area contributed by atoms with Crippen LogP contribution < -0.4 is 0 Å². The van der Waals surface area contributed by atoms with Gasteiger partial charge in [0.05, 0.1) is 6.10 Å². The fourth-order valence-electron chi connectivity index (χ4n) is 1.69. The molecule has 0 aliphatic heterocycles. The summed E-state index contributed by atoms with van der Waals surface area (Å²) in [5, 5.41) is 9.75. The van der Waals surface area contributed by atoms with Gasteiger partial charge in [-0.05, 0) is 40.8 Å². The van der Waals surface area contributed by atoms with Crippen LogP contribution in [0.2, 0.25) is 0 Å². The predicted octanol–water partition coefficient (Wildman–Crippen LogP) is 1.62. The standard InChI is InChI=1S/C11H15BrN2O2/c1-14(6-10(15)7-2-3-7)11(16)9-4-8(12)5-13-9/h4-5,7,10,13,15H,2-3,6H2,1H3. The van der Waals surface area contributed by atoms with E-state index in [4.69, 9.17) is 0 Å². The minimum atomic E-state index is -0.382. The molecule has 0 aromatic carbocycles. The Labute approximate surface area is 103 Å². The van der Waals surface area contributed by atoms with Crippen LogP contribution in [0.1, 0.15) is 23.3 Å². The molecule has 0 radical (unpaired) electrons. The number of carbonyl (C=O) groups is 1. The monoisotopic (exact) mass is 286 g/mol. The minimum Gasteiger partial charge on any atom is -0.391 e. The average Bonchev–Trinajstić information content (AvgIpc) is 3.00. The summed E-state index contributed by atoms with van der Waals surface area (Å²) in [6.07, 6.45) is 3.50. The number of H-pyrrole nitrogens is 1. The zero-order chi connectivity index (χ0) is 11.7. The van der Waals surface area contributed by atoms with Gasteiger partial charge in [0.1, 0.15) is 5.69 Å². The maximum atomic E-state index is 11.9. The highest BCUT2D eigenvalue weighted by Gasteiger charge is 2.31. The lowest BCUT2D eigenvalue weighted by Gasteiger charge is -2.20. The number of rotatable bonds is 4. The number of hydrogen-bond donors (Lipinski definition) is 2. The first-order chi connectivity index (χ1) is 7.58. The molecule has 4 nitrogen and oxygen atoms in total. The van der Waals surface area contributed by atoms with Gasteiger partial charge in [0.2, 0.25) is 0 Å². The number of aliphatic hydroxyl groups excluding tert-OH is 1. The summed E-state index contributed by atoms with van der Waals surface area (Å²) in [5.41, 5.74) is 0.539. The quantitative estimate of drug-likeness (QED) is 0.884. The van der Waals surface area contributed by atoms with E-state index in [-0.39, 0.29) is 12.0 Å². The van der Waals surface area contributed by atoms with Gasteiger partial charge in [0.15, 0.2) is 0 Å². The summed E-state index contributed by atoms with van der Waals surface area (Å²) in [7, 11) is 1.71. The van der Waals surface area contributed by atoms with Crippen LogP contribution in [-0.4, -0.2) is 40.6 Å². The van der Waals surface area contributed by atoms with E-state index in [1.165, 1.54) is 0 Å². The Morgan fingerprint density at radius 1 is 1.75 bits per heavy atom. The minimum absolute atomic E-state index is 0.0922. The molecule has 2 N–H and O–H groups in total. The Kier molecular flexibility index (Phi) is 3.35. The Morgan fingerprint density at radius 3 is 2.94 bits per heavy atom. The molecule has 1 unspecified atom stereocenters. The predicted molar refractivity (Wildman–Crippen MR) is 64.2 cm³/mol. The van der Waals surface area contributed by atoms with E-state index in [0.29, 0.717) is 18.2 Å². The highest BCUT2D eigenvalue weighted by Crippen LogP contribution is 2.32. The van der Waals surface area contributed by atoms with Gasteiger partial charge in [0.25, 0.3) is 5.91 Å². The van der Waals surface area contributed by atoms with Crippen molar-refractivity contribution in [3.05, 3.63) is 22.4 Å². The Morgan fingerprint density at radius 2 is 2.44 bits per heavy atom. The van der Waals surface area contributed by atoms with E-state index >= 15 is 0 Å². The molecule has 1 heterocycles. The summed E-state index contributed by atoms with van der Waals surface area (Å²) in [4.78, 5) is 16.3. The van der Waals surface area contributed by atoms with Gasteiger partial charge in [-0.25, -0.2) is 0 Å². The van der Waals surface area contributed by atoms with Crippen LogP contribution in [0.5, 0.6) is 0 Å². The van der Waals surface area contributed by atoms with E-state index in [2.05, 4.69) is 20.9 Å². The Bertz CT molecular complexity index is 387. The number of hydrogen-bond acceptors (Lipinski definition) is 2. The fraction of sp³-hybridized carbons (Fsp3) is 0.545. The Balaban J connectivity index is 1.93. The number of aromatic nitrogens is 1. The lowest BCUT2D eigenvalue weighted by molar-refractivity contribution is 0.0641. The van der Waals surface area contributed by atoms with E-state index in [1.54, 1.807) is 24.2 Å². The average molecular weight is 287 g/mol. The van der Waals surface area contributed by atoms with Crippen molar-refractivity contribution in [2.45, 2.75) is 18.9 Å². The van der Waals surface area contributed by atoms with Crippen molar-refractivity contribution < 1.29 is 9.90 Å². The van der Waals surface area contributed by atoms with Gasteiger partial charge >= 0.3 is 0 Å². The Hall–Kier alpha value is -0.810. The van der Waals surface area contributed by atoms with Crippen molar-refractivity contribution >= 4 is 21.8 Å². The van der Waals surface area contributed by atoms with E-state index in [1.807, 2.05) is 0 Å². The molecule has 1 amide bonds. The maximum absolute atomic E-state index is 11.9. The lowest BCUT2D eigenvalue weighted by Crippen LogP contribution is -2.35. The first-order valence-electron chi connectivity index (χ1n) is 5.35. The molecule has 1 aromatic rings. The second-order valence-electron chi connectivity index (χ2n) is 4.32. The van der Waals surface area contributed by atoms with Crippen molar-refractivity contribution in [1.29, 1.82) is 0 Å². The molecule has 1 aliphatic rings. The van der Waals surface area contributed by atoms with Crippen LogP contribution in [0.4, 0.5) is 0 Å². The number of aromatic amines is 1. The third-order valence-electron chi connectivity index (χ3n) is 2.85. The third kappa shape index (κ3) is 2.65. The summed E-state index contributed by atoms with van der Waals surface area (Å²) in [6.45, 7) is 0.403. The molecule has 0 spiro atoms. The van der Waals surface area contributed by atoms with Crippen molar-refractivity contribution in [2.24, 2.45) is 5.92 Å². The van der Waals surface area contributed by atoms with Gasteiger partial charge in [-0.15, -0.1) is 0 Å².